The van der Waals surface area contributed by atoms with Crippen LogP contribution in [0, 0.1) is 0 Å². The van der Waals surface area contributed by atoms with Crippen LogP contribution in [0.5, 0.6) is 0 Å². The van der Waals surface area contributed by atoms with Crippen LogP contribution >= 0.6 is 0 Å². The summed E-state index contributed by atoms with van der Waals surface area (Å²) in [6, 6.07) is 3.28. The molecule has 2 aromatic heterocycles. The summed E-state index contributed by atoms with van der Waals surface area (Å²) in [5.41, 5.74) is 0.672. The van der Waals surface area contributed by atoms with Crippen molar-refractivity contribution < 1.29 is 9.21 Å². The Morgan fingerprint density at radius 2 is 2.43 bits per heavy atom. The summed E-state index contributed by atoms with van der Waals surface area (Å²) in [5.74, 6) is 0.0135. The minimum atomic E-state index is -0.392. The molecule has 8 heteroatoms. The molecule has 0 aliphatic heterocycles. The zero-order valence-electron chi connectivity index (χ0n) is 7.31. The topological polar surface area (TPSA) is 96.7 Å². The molecule has 0 spiro atoms. The van der Waals surface area contributed by atoms with Crippen molar-refractivity contribution in [2.24, 2.45) is 0 Å². The molecule has 2 N–H and O–H groups in total. The molecule has 70 valence electrons. The molecule has 14 heavy (non-hydrogen) atoms. The Hall–Kier alpha value is -2.12. The van der Waals surface area contributed by atoms with Gasteiger partial charge in [0.05, 0.1) is 5.66 Å². The maximum absolute atomic E-state index is 11.4. The molecule has 0 radical (unpaired) electrons. The average molecular weight is 191 g/mol. The molecule has 7 nitrogen and oxygen atoms in total. The lowest BCUT2D eigenvalue weighted by atomic mass is 10.1. The number of tetrazole rings is 1. The van der Waals surface area contributed by atoms with E-state index in [2.05, 4.69) is 25.9 Å². The second-order valence-corrected chi connectivity index (χ2v) is 2.61. The van der Waals surface area contributed by atoms with Gasteiger partial charge in [0, 0.05) is 0 Å². The SMILES string of the molecule is Bc1ccc(C(=O)Nc2nnn[nH]2)o1. The van der Waals surface area contributed by atoms with E-state index in [1.54, 1.807) is 20.0 Å². The number of H-pyrrole nitrogens is 1. The highest BCUT2D eigenvalue weighted by atomic mass is 16.3. The summed E-state index contributed by atoms with van der Waals surface area (Å²) < 4.78 is 5.10. The molecule has 1 amide bonds. The van der Waals surface area contributed by atoms with Crippen molar-refractivity contribution in [2.45, 2.75) is 0 Å². The van der Waals surface area contributed by atoms with Crippen molar-refractivity contribution in [3.8, 4) is 0 Å². The second kappa shape index (κ2) is 3.33. The first-order valence-corrected chi connectivity index (χ1v) is 3.87. The summed E-state index contributed by atoms with van der Waals surface area (Å²) >= 11 is 0. The van der Waals surface area contributed by atoms with Crippen LogP contribution in [-0.4, -0.2) is 34.4 Å². The van der Waals surface area contributed by atoms with Crippen molar-refractivity contribution in [2.75, 3.05) is 5.32 Å². The van der Waals surface area contributed by atoms with E-state index in [1.165, 1.54) is 0 Å². The van der Waals surface area contributed by atoms with E-state index in [9.17, 15) is 4.79 Å². The number of nitrogens with one attached hydrogen (secondary N) is 2. The third-order valence-electron chi connectivity index (χ3n) is 1.54. The summed E-state index contributed by atoms with van der Waals surface area (Å²) in [6.45, 7) is 0. The highest BCUT2D eigenvalue weighted by molar-refractivity contribution is 6.30. The zero-order chi connectivity index (χ0) is 9.97. The van der Waals surface area contributed by atoms with Crippen LogP contribution in [0.15, 0.2) is 16.5 Å². The van der Waals surface area contributed by atoms with E-state index < -0.39 is 5.91 Å². The zero-order valence-corrected chi connectivity index (χ0v) is 7.31. The highest BCUT2D eigenvalue weighted by Gasteiger charge is 2.11. The lowest BCUT2D eigenvalue weighted by Gasteiger charge is -1.95. The predicted octanol–water partition coefficient (Wildman–Crippen LogP) is -1.70. The Morgan fingerprint density at radius 3 is 3.00 bits per heavy atom. The van der Waals surface area contributed by atoms with E-state index in [4.69, 9.17) is 4.42 Å². The number of hydrogen-bond acceptors (Lipinski definition) is 5. The lowest BCUT2D eigenvalue weighted by Crippen LogP contribution is -2.12. The molecule has 0 aliphatic rings. The second-order valence-electron chi connectivity index (χ2n) is 2.61. The first kappa shape index (κ1) is 8.48. The van der Waals surface area contributed by atoms with Gasteiger partial charge in [-0.1, -0.05) is 5.10 Å². The fourth-order valence-corrected chi connectivity index (χ4v) is 0.938. The number of anilines is 1. The van der Waals surface area contributed by atoms with Gasteiger partial charge in [0.1, 0.15) is 0 Å². The van der Waals surface area contributed by atoms with Gasteiger partial charge in [-0.05, 0) is 22.6 Å². The Bertz CT molecular complexity index is 437. The van der Waals surface area contributed by atoms with Gasteiger partial charge in [-0.2, -0.15) is 0 Å². The van der Waals surface area contributed by atoms with Crippen molar-refractivity contribution >= 4 is 25.4 Å². The van der Waals surface area contributed by atoms with Gasteiger partial charge < -0.3 is 4.42 Å². The Labute approximate surface area is 79.3 Å². The molecule has 0 saturated carbocycles. The van der Waals surface area contributed by atoms with Crippen LogP contribution in [0.3, 0.4) is 0 Å². The van der Waals surface area contributed by atoms with E-state index in [1.807, 2.05) is 0 Å². The Balaban J connectivity index is 2.10. The summed E-state index contributed by atoms with van der Waals surface area (Å²) in [7, 11) is 1.76. The van der Waals surface area contributed by atoms with Crippen molar-refractivity contribution in [3.63, 3.8) is 0 Å². The minimum Gasteiger partial charge on any atom is -0.467 e. The number of aromatic amines is 1. The fourth-order valence-electron chi connectivity index (χ4n) is 0.938. The molecular weight excluding hydrogens is 185 g/mol. The number of rotatable bonds is 2. The van der Waals surface area contributed by atoms with Crippen molar-refractivity contribution in [3.05, 3.63) is 17.9 Å². The lowest BCUT2D eigenvalue weighted by molar-refractivity contribution is 0.0997. The standard InChI is InChI=1S/C6H6BN5O2/c7-4-2-1-3(14-4)5(13)8-6-9-11-12-10-6/h1-2H,7H2,(H2,8,9,10,11,12,13). The van der Waals surface area contributed by atoms with Crippen LogP contribution in [0.25, 0.3) is 0 Å². The Kier molecular flexibility index (Phi) is 2.01. The predicted molar refractivity (Wildman–Crippen MR) is 49.0 cm³/mol. The highest BCUT2D eigenvalue weighted by Crippen LogP contribution is 2.00. The van der Waals surface area contributed by atoms with Crippen molar-refractivity contribution in [1.82, 2.24) is 20.6 Å². The minimum absolute atomic E-state index is 0.184. The number of carbonyl (C=O) groups excluding carboxylic acids is 1. The molecule has 0 fully saturated rings. The number of carbonyl (C=O) groups is 1. The van der Waals surface area contributed by atoms with Gasteiger partial charge in [-0.3, -0.25) is 10.1 Å². The first-order chi connectivity index (χ1) is 6.75. The Morgan fingerprint density at radius 1 is 1.57 bits per heavy atom. The van der Waals surface area contributed by atoms with Gasteiger partial charge >= 0.3 is 0 Å². The van der Waals surface area contributed by atoms with Crippen molar-refractivity contribution in [1.29, 1.82) is 0 Å². The maximum Gasteiger partial charge on any atom is 0.293 e. The normalized spacial score (nSPS) is 10.0. The summed E-state index contributed by atoms with van der Waals surface area (Å²) in [4.78, 5) is 11.4. The molecule has 2 rings (SSSR count). The maximum atomic E-state index is 11.4. The molecule has 0 atom stereocenters. The van der Waals surface area contributed by atoms with Crippen LogP contribution in [0.2, 0.25) is 0 Å². The van der Waals surface area contributed by atoms with Crippen LogP contribution in [0.1, 0.15) is 10.6 Å². The smallest absolute Gasteiger partial charge is 0.293 e. The third-order valence-corrected chi connectivity index (χ3v) is 1.54. The number of nitrogens with zero attached hydrogens (tertiary/aromatic N) is 3. The summed E-state index contributed by atoms with van der Waals surface area (Å²) in [5, 5.41) is 14.9. The average Bonchev–Trinajstić information content (AvgIpc) is 2.75. The van der Waals surface area contributed by atoms with E-state index >= 15 is 0 Å². The number of amides is 1. The van der Waals surface area contributed by atoms with Crippen LogP contribution < -0.4 is 11.0 Å². The number of hydrogen-bond donors (Lipinski definition) is 2. The quantitative estimate of drug-likeness (QED) is 0.551. The molecule has 0 unspecified atom stereocenters. The van der Waals surface area contributed by atoms with Gasteiger partial charge in [0.2, 0.25) is 5.95 Å². The number of furan rings is 1. The first-order valence-electron chi connectivity index (χ1n) is 3.87. The summed E-state index contributed by atoms with van der Waals surface area (Å²) in [6.07, 6.45) is 0. The monoisotopic (exact) mass is 191 g/mol. The largest absolute Gasteiger partial charge is 0.467 e. The molecule has 0 aromatic carbocycles. The number of aromatic nitrogens is 4. The van der Waals surface area contributed by atoms with Gasteiger partial charge in [-0.15, -0.1) is 0 Å². The van der Waals surface area contributed by atoms with Gasteiger partial charge in [-0.25, -0.2) is 5.10 Å². The molecule has 2 heterocycles. The van der Waals surface area contributed by atoms with E-state index in [0.29, 0.717) is 5.66 Å². The fraction of sp³-hybridized carbons (Fsp3) is 0. The van der Waals surface area contributed by atoms with Crippen LogP contribution in [-0.2, 0) is 0 Å². The molecule has 0 aliphatic carbocycles. The van der Waals surface area contributed by atoms with Gasteiger partial charge in [0.15, 0.2) is 13.6 Å². The molecule has 2 aromatic rings. The molecule has 0 saturated heterocycles. The van der Waals surface area contributed by atoms with E-state index in [-0.39, 0.29) is 11.7 Å². The molecular formula is C6H6BN5O2. The van der Waals surface area contributed by atoms with Crippen LogP contribution in [0.4, 0.5) is 5.95 Å². The third kappa shape index (κ3) is 1.63. The molecule has 0 bridgehead atoms. The van der Waals surface area contributed by atoms with Gasteiger partial charge in [0.25, 0.3) is 5.91 Å². The van der Waals surface area contributed by atoms with E-state index in [0.717, 1.165) is 0 Å².